The number of anilines is 1. The Morgan fingerprint density at radius 1 is 1.50 bits per heavy atom. The minimum atomic E-state index is -0.132. The maximum Gasteiger partial charge on any atom is 0.222 e. The zero-order valence-corrected chi connectivity index (χ0v) is 7.98. The van der Waals surface area contributed by atoms with Crippen molar-refractivity contribution in [2.75, 3.05) is 5.32 Å². The van der Waals surface area contributed by atoms with Crippen LogP contribution in [0, 0.1) is 0 Å². The molecule has 0 saturated heterocycles. The first kappa shape index (κ1) is 8.68. The number of hydrogen-bond donors (Lipinski definition) is 1. The van der Waals surface area contributed by atoms with Gasteiger partial charge in [0.2, 0.25) is 5.91 Å². The van der Waals surface area contributed by atoms with Gasteiger partial charge in [0.25, 0.3) is 0 Å². The van der Waals surface area contributed by atoms with Crippen LogP contribution in [0.4, 0.5) is 5.82 Å². The van der Waals surface area contributed by atoms with Crippen molar-refractivity contribution in [1.29, 1.82) is 0 Å². The number of aromatic nitrogens is 3. The van der Waals surface area contributed by atoms with E-state index in [1.54, 1.807) is 10.7 Å². The number of rotatable bonds is 1. The van der Waals surface area contributed by atoms with E-state index in [0.717, 1.165) is 5.39 Å². The summed E-state index contributed by atoms with van der Waals surface area (Å²) in [4.78, 5) is 15.0. The number of nitrogens with one attached hydrogen (secondary N) is 1. The van der Waals surface area contributed by atoms with E-state index in [1.165, 1.54) is 6.92 Å². The van der Waals surface area contributed by atoms with Crippen LogP contribution in [0.25, 0.3) is 11.0 Å². The monoisotopic (exact) mass is 190 g/mol. The predicted molar refractivity (Wildman–Crippen MR) is 52.8 cm³/mol. The Morgan fingerprint density at radius 2 is 2.29 bits per heavy atom. The Kier molecular flexibility index (Phi) is 1.92. The highest BCUT2D eigenvalue weighted by atomic mass is 16.1. The molecule has 0 atom stereocenters. The molecule has 0 radical (unpaired) electrons. The smallest absolute Gasteiger partial charge is 0.222 e. The number of fused-ring (bicyclic) bond motifs is 1. The van der Waals surface area contributed by atoms with Gasteiger partial charge in [-0.3, -0.25) is 9.48 Å². The first-order valence-corrected chi connectivity index (χ1v) is 4.23. The van der Waals surface area contributed by atoms with Crippen molar-refractivity contribution in [2.24, 2.45) is 7.05 Å². The molecule has 0 aliphatic carbocycles. The Balaban J connectivity index is 2.45. The van der Waals surface area contributed by atoms with Gasteiger partial charge in [0, 0.05) is 25.6 Å². The van der Waals surface area contributed by atoms with Crippen LogP contribution in [0.1, 0.15) is 6.92 Å². The number of amides is 1. The molecular weight excluding hydrogens is 180 g/mol. The third-order valence-electron chi connectivity index (χ3n) is 1.79. The fourth-order valence-corrected chi connectivity index (χ4v) is 1.27. The number of carbonyl (C=O) groups excluding carboxylic acids is 1. The molecule has 14 heavy (non-hydrogen) atoms. The molecule has 0 aliphatic rings. The summed E-state index contributed by atoms with van der Waals surface area (Å²) in [6, 6.07) is 3.63. The van der Waals surface area contributed by atoms with Gasteiger partial charge in [0.05, 0.1) is 0 Å². The molecule has 5 nitrogen and oxygen atoms in total. The van der Waals surface area contributed by atoms with Crippen molar-refractivity contribution in [3.8, 4) is 0 Å². The SMILES string of the molecule is CC(=O)Nc1ccc2cn(C)nc2n1. The van der Waals surface area contributed by atoms with E-state index < -0.39 is 0 Å². The second-order valence-electron chi connectivity index (χ2n) is 3.09. The highest BCUT2D eigenvalue weighted by molar-refractivity contribution is 5.89. The average Bonchev–Trinajstić information content (AvgIpc) is 2.42. The molecule has 0 saturated carbocycles. The molecule has 1 amide bonds. The minimum Gasteiger partial charge on any atom is -0.311 e. The zero-order valence-electron chi connectivity index (χ0n) is 7.98. The molecule has 2 aromatic heterocycles. The summed E-state index contributed by atoms with van der Waals surface area (Å²) >= 11 is 0. The number of nitrogens with zero attached hydrogens (tertiary/aromatic N) is 3. The van der Waals surface area contributed by atoms with Gasteiger partial charge >= 0.3 is 0 Å². The highest BCUT2D eigenvalue weighted by Crippen LogP contribution is 2.12. The standard InChI is InChI=1S/C9H10N4O/c1-6(14)10-8-4-3-7-5-13(2)12-9(7)11-8/h3-5H,1-2H3,(H,10,11,12,14). The molecule has 2 heterocycles. The van der Waals surface area contributed by atoms with Gasteiger partial charge in [0.1, 0.15) is 5.82 Å². The summed E-state index contributed by atoms with van der Waals surface area (Å²) in [5.74, 6) is 0.400. The Hall–Kier alpha value is -1.91. The average molecular weight is 190 g/mol. The highest BCUT2D eigenvalue weighted by Gasteiger charge is 2.02. The van der Waals surface area contributed by atoms with Gasteiger partial charge in [-0.05, 0) is 12.1 Å². The van der Waals surface area contributed by atoms with Gasteiger partial charge in [-0.1, -0.05) is 0 Å². The van der Waals surface area contributed by atoms with Gasteiger partial charge in [0.15, 0.2) is 5.65 Å². The Morgan fingerprint density at radius 3 is 3.00 bits per heavy atom. The van der Waals surface area contributed by atoms with Crippen molar-refractivity contribution in [1.82, 2.24) is 14.8 Å². The van der Waals surface area contributed by atoms with Crippen LogP contribution >= 0.6 is 0 Å². The summed E-state index contributed by atoms with van der Waals surface area (Å²) in [6.07, 6.45) is 1.87. The van der Waals surface area contributed by atoms with Crippen LogP contribution in [0.3, 0.4) is 0 Å². The van der Waals surface area contributed by atoms with Crippen LogP contribution in [-0.2, 0) is 11.8 Å². The summed E-state index contributed by atoms with van der Waals surface area (Å²) in [6.45, 7) is 1.45. The molecule has 0 bridgehead atoms. The van der Waals surface area contributed by atoms with E-state index in [9.17, 15) is 4.79 Å². The normalized spacial score (nSPS) is 10.4. The first-order chi connectivity index (χ1) is 6.65. The maximum atomic E-state index is 10.8. The minimum absolute atomic E-state index is 0.132. The van der Waals surface area contributed by atoms with Gasteiger partial charge < -0.3 is 5.32 Å². The van der Waals surface area contributed by atoms with Crippen molar-refractivity contribution >= 4 is 22.8 Å². The molecule has 0 spiro atoms. The van der Waals surface area contributed by atoms with E-state index in [4.69, 9.17) is 0 Å². The molecule has 2 rings (SSSR count). The van der Waals surface area contributed by atoms with E-state index in [0.29, 0.717) is 11.5 Å². The van der Waals surface area contributed by atoms with E-state index >= 15 is 0 Å². The van der Waals surface area contributed by atoms with Gasteiger partial charge in [-0.2, -0.15) is 5.10 Å². The molecule has 0 unspecified atom stereocenters. The third-order valence-corrected chi connectivity index (χ3v) is 1.79. The van der Waals surface area contributed by atoms with Crippen LogP contribution < -0.4 is 5.32 Å². The maximum absolute atomic E-state index is 10.8. The Bertz CT molecular complexity index is 489. The lowest BCUT2D eigenvalue weighted by Crippen LogP contribution is -2.07. The molecule has 0 aromatic carbocycles. The van der Waals surface area contributed by atoms with Crippen molar-refractivity contribution in [3.63, 3.8) is 0 Å². The van der Waals surface area contributed by atoms with E-state index in [-0.39, 0.29) is 5.91 Å². The zero-order chi connectivity index (χ0) is 10.1. The second kappa shape index (κ2) is 3.10. The fraction of sp³-hybridized carbons (Fsp3) is 0.222. The second-order valence-corrected chi connectivity index (χ2v) is 3.09. The van der Waals surface area contributed by atoms with Crippen LogP contribution in [-0.4, -0.2) is 20.7 Å². The van der Waals surface area contributed by atoms with Crippen LogP contribution in [0.15, 0.2) is 18.3 Å². The molecule has 1 N–H and O–H groups in total. The lowest BCUT2D eigenvalue weighted by atomic mass is 10.3. The molecule has 0 fully saturated rings. The van der Waals surface area contributed by atoms with Gasteiger partial charge in [-0.15, -0.1) is 0 Å². The largest absolute Gasteiger partial charge is 0.311 e. The van der Waals surface area contributed by atoms with E-state index in [2.05, 4.69) is 15.4 Å². The number of carbonyl (C=O) groups is 1. The first-order valence-electron chi connectivity index (χ1n) is 4.23. The van der Waals surface area contributed by atoms with Crippen molar-refractivity contribution < 1.29 is 4.79 Å². The lowest BCUT2D eigenvalue weighted by molar-refractivity contribution is -0.114. The van der Waals surface area contributed by atoms with Crippen molar-refractivity contribution in [2.45, 2.75) is 6.92 Å². The molecule has 0 aliphatic heterocycles. The summed E-state index contributed by atoms with van der Waals surface area (Å²) in [5, 5.41) is 7.70. The number of aryl methyl sites for hydroxylation is 1. The lowest BCUT2D eigenvalue weighted by Gasteiger charge is -1.98. The molecule has 72 valence electrons. The summed E-state index contributed by atoms with van der Waals surface area (Å²) in [5.41, 5.74) is 0.638. The number of hydrogen-bond acceptors (Lipinski definition) is 3. The van der Waals surface area contributed by atoms with Gasteiger partial charge in [-0.25, -0.2) is 4.98 Å². The van der Waals surface area contributed by atoms with Crippen molar-refractivity contribution in [3.05, 3.63) is 18.3 Å². The quantitative estimate of drug-likeness (QED) is 0.727. The predicted octanol–water partition coefficient (Wildman–Crippen LogP) is 0.927. The molecule has 2 aromatic rings. The summed E-state index contributed by atoms with van der Waals surface area (Å²) < 4.78 is 1.69. The summed E-state index contributed by atoms with van der Waals surface area (Å²) in [7, 11) is 1.83. The molecular formula is C9H10N4O. The Labute approximate surface area is 80.7 Å². The van der Waals surface area contributed by atoms with Crippen LogP contribution in [0.5, 0.6) is 0 Å². The third kappa shape index (κ3) is 1.56. The topological polar surface area (TPSA) is 59.8 Å². The molecule has 5 heteroatoms. The fourth-order valence-electron chi connectivity index (χ4n) is 1.27. The number of pyridine rings is 1. The van der Waals surface area contributed by atoms with E-state index in [1.807, 2.05) is 19.3 Å². The van der Waals surface area contributed by atoms with Crippen LogP contribution in [0.2, 0.25) is 0 Å².